The van der Waals surface area contributed by atoms with Gasteiger partial charge in [-0.25, -0.2) is 4.79 Å². The molecule has 6 atom stereocenters. The maximum absolute atomic E-state index is 12.2. The Kier molecular flexibility index (Phi) is 5.43. The summed E-state index contributed by atoms with van der Waals surface area (Å²) in [5, 5.41) is 10.6. The Bertz CT molecular complexity index is 714. The van der Waals surface area contributed by atoms with E-state index in [1.807, 2.05) is 6.92 Å². The van der Waals surface area contributed by atoms with Crippen molar-refractivity contribution in [1.82, 2.24) is 9.55 Å². The molecule has 1 unspecified atom stereocenters. The summed E-state index contributed by atoms with van der Waals surface area (Å²) in [6, 6.07) is 0. The Morgan fingerprint density at radius 2 is 2.08 bits per heavy atom. The topological polar surface area (TPSA) is 103 Å². The largest absolute Gasteiger partial charge is 0.388 e. The predicted octanol–water partition coefficient (Wildman–Crippen LogP) is 0.466. The number of methoxy groups -OCH3 is 1. The van der Waals surface area contributed by atoms with Crippen LogP contribution in [0.2, 0.25) is 0 Å². The fourth-order valence-corrected chi connectivity index (χ4v) is 3.72. The van der Waals surface area contributed by atoms with E-state index in [1.54, 1.807) is 14.0 Å². The molecule has 0 amide bonds. The molecule has 25 heavy (non-hydrogen) atoms. The minimum atomic E-state index is -0.854. The molecule has 2 heterocycles. The second kappa shape index (κ2) is 7.41. The molecule has 0 spiro atoms. The van der Waals surface area contributed by atoms with Crippen LogP contribution in [-0.4, -0.2) is 52.3 Å². The second-order valence-electron chi connectivity index (χ2n) is 6.79. The summed E-state index contributed by atoms with van der Waals surface area (Å²) in [7, 11) is 1.65. The Morgan fingerprint density at radius 3 is 2.76 bits per heavy atom. The van der Waals surface area contributed by atoms with E-state index < -0.39 is 35.8 Å². The number of ether oxygens (including phenoxy) is 3. The summed E-state index contributed by atoms with van der Waals surface area (Å²) in [6.45, 7) is 3.52. The summed E-state index contributed by atoms with van der Waals surface area (Å²) in [6.07, 6.45) is 1.83. The third kappa shape index (κ3) is 3.44. The SMILES string of the molecule is CC[C@H]1O[C@@H](n2cc(C)c(=O)[nH]c2=O)C(O[C@H]2CCC[C@@H]2OC)[C@H]1O. The molecule has 0 radical (unpaired) electrons. The van der Waals surface area contributed by atoms with Gasteiger partial charge in [-0.2, -0.15) is 0 Å². The van der Waals surface area contributed by atoms with Crippen LogP contribution in [-0.2, 0) is 14.2 Å². The highest BCUT2D eigenvalue weighted by molar-refractivity contribution is 5.03. The first kappa shape index (κ1) is 18.3. The van der Waals surface area contributed by atoms with Crippen molar-refractivity contribution in [2.75, 3.05) is 7.11 Å². The quantitative estimate of drug-likeness (QED) is 0.797. The van der Waals surface area contributed by atoms with Crippen LogP contribution in [0.25, 0.3) is 0 Å². The van der Waals surface area contributed by atoms with Crippen LogP contribution in [0.3, 0.4) is 0 Å². The number of aryl methyl sites for hydroxylation is 1. The molecule has 3 rings (SSSR count). The normalized spacial score (nSPS) is 35.4. The van der Waals surface area contributed by atoms with Gasteiger partial charge in [0, 0.05) is 18.9 Å². The smallest absolute Gasteiger partial charge is 0.330 e. The fourth-order valence-electron chi connectivity index (χ4n) is 3.72. The van der Waals surface area contributed by atoms with Gasteiger partial charge in [0.05, 0.1) is 18.3 Å². The first-order valence-corrected chi connectivity index (χ1v) is 8.80. The molecule has 8 heteroatoms. The van der Waals surface area contributed by atoms with Crippen LogP contribution >= 0.6 is 0 Å². The van der Waals surface area contributed by atoms with E-state index in [2.05, 4.69) is 4.98 Å². The lowest BCUT2D eigenvalue weighted by Gasteiger charge is -2.28. The summed E-state index contributed by atoms with van der Waals surface area (Å²) in [5.41, 5.74) is -0.612. The van der Waals surface area contributed by atoms with Gasteiger partial charge < -0.3 is 19.3 Å². The number of hydrogen-bond donors (Lipinski definition) is 2. The zero-order valence-corrected chi connectivity index (χ0v) is 14.8. The first-order chi connectivity index (χ1) is 12.0. The number of H-pyrrole nitrogens is 1. The molecule has 1 aliphatic heterocycles. The van der Waals surface area contributed by atoms with Gasteiger partial charge in [-0.15, -0.1) is 0 Å². The second-order valence-corrected chi connectivity index (χ2v) is 6.79. The number of nitrogens with zero attached hydrogens (tertiary/aromatic N) is 1. The van der Waals surface area contributed by atoms with Crippen molar-refractivity contribution in [2.45, 2.75) is 76.3 Å². The van der Waals surface area contributed by atoms with E-state index in [-0.39, 0.29) is 12.2 Å². The summed E-state index contributed by atoms with van der Waals surface area (Å²) in [4.78, 5) is 26.2. The van der Waals surface area contributed by atoms with Gasteiger partial charge in [0.25, 0.3) is 5.56 Å². The number of aromatic nitrogens is 2. The van der Waals surface area contributed by atoms with E-state index >= 15 is 0 Å². The average molecular weight is 354 g/mol. The van der Waals surface area contributed by atoms with Gasteiger partial charge >= 0.3 is 5.69 Å². The highest BCUT2D eigenvalue weighted by atomic mass is 16.6. The molecule has 2 N–H and O–H groups in total. The number of rotatable bonds is 5. The Labute approximate surface area is 145 Å². The standard InChI is InChI=1S/C17H26N2O6/c1-4-10-13(20)14(24-12-7-5-6-11(12)23-3)16(25-10)19-8-9(2)15(21)18-17(19)22/h8,10-14,16,20H,4-7H2,1-3H3,(H,18,21,22)/t10-,11+,12+,13+,14?,16-/m1/s1. The first-order valence-electron chi connectivity index (χ1n) is 8.80. The number of nitrogens with one attached hydrogen (secondary N) is 1. The van der Waals surface area contributed by atoms with E-state index in [1.165, 1.54) is 10.8 Å². The molecule has 2 fully saturated rings. The lowest BCUT2D eigenvalue weighted by Crippen LogP contribution is -2.42. The number of aliphatic hydroxyl groups is 1. The highest BCUT2D eigenvalue weighted by Gasteiger charge is 2.47. The van der Waals surface area contributed by atoms with Gasteiger partial charge in [-0.1, -0.05) is 6.92 Å². The minimum Gasteiger partial charge on any atom is -0.388 e. The van der Waals surface area contributed by atoms with Crippen molar-refractivity contribution in [1.29, 1.82) is 0 Å². The van der Waals surface area contributed by atoms with Gasteiger partial charge in [-0.3, -0.25) is 14.3 Å². The van der Waals surface area contributed by atoms with Crippen LogP contribution in [0.15, 0.2) is 15.8 Å². The van der Waals surface area contributed by atoms with Gasteiger partial charge in [0.1, 0.15) is 12.2 Å². The van der Waals surface area contributed by atoms with Crippen molar-refractivity contribution in [2.24, 2.45) is 0 Å². The van der Waals surface area contributed by atoms with E-state index in [0.29, 0.717) is 12.0 Å². The van der Waals surface area contributed by atoms with Crippen molar-refractivity contribution in [3.8, 4) is 0 Å². The fraction of sp³-hybridized carbons (Fsp3) is 0.765. The number of aliphatic hydroxyl groups excluding tert-OH is 1. The van der Waals surface area contributed by atoms with Crippen LogP contribution < -0.4 is 11.2 Å². The molecule has 1 aliphatic carbocycles. The molecule has 2 aliphatic rings. The van der Waals surface area contributed by atoms with Crippen molar-refractivity contribution in [3.63, 3.8) is 0 Å². The molecule has 0 aromatic carbocycles. The molecular formula is C17H26N2O6. The maximum atomic E-state index is 12.2. The highest BCUT2D eigenvalue weighted by Crippen LogP contribution is 2.36. The van der Waals surface area contributed by atoms with Crippen LogP contribution in [0.4, 0.5) is 0 Å². The van der Waals surface area contributed by atoms with Gasteiger partial charge in [-0.05, 0) is 32.6 Å². The zero-order valence-electron chi connectivity index (χ0n) is 14.8. The van der Waals surface area contributed by atoms with Gasteiger partial charge in [0.15, 0.2) is 6.23 Å². The van der Waals surface area contributed by atoms with Crippen molar-refractivity contribution >= 4 is 0 Å². The molecule has 1 saturated heterocycles. The average Bonchev–Trinajstić information content (AvgIpc) is 3.16. The molecule has 140 valence electrons. The summed E-state index contributed by atoms with van der Waals surface area (Å²) < 4.78 is 18.8. The lowest BCUT2D eigenvalue weighted by molar-refractivity contribution is -0.130. The van der Waals surface area contributed by atoms with Crippen LogP contribution in [0.5, 0.6) is 0 Å². The van der Waals surface area contributed by atoms with E-state index in [4.69, 9.17) is 14.2 Å². The molecule has 0 bridgehead atoms. The monoisotopic (exact) mass is 354 g/mol. The van der Waals surface area contributed by atoms with E-state index in [9.17, 15) is 14.7 Å². The predicted molar refractivity (Wildman–Crippen MR) is 89.6 cm³/mol. The zero-order chi connectivity index (χ0) is 18.1. The van der Waals surface area contributed by atoms with Crippen molar-refractivity contribution < 1.29 is 19.3 Å². The number of aromatic amines is 1. The van der Waals surface area contributed by atoms with Crippen molar-refractivity contribution in [3.05, 3.63) is 32.6 Å². The third-order valence-electron chi connectivity index (χ3n) is 5.16. The number of hydrogen-bond acceptors (Lipinski definition) is 6. The van der Waals surface area contributed by atoms with Crippen LogP contribution in [0, 0.1) is 6.92 Å². The van der Waals surface area contributed by atoms with Crippen LogP contribution in [0.1, 0.15) is 44.4 Å². The van der Waals surface area contributed by atoms with Gasteiger partial charge in [0.2, 0.25) is 0 Å². The molecule has 1 saturated carbocycles. The molecular weight excluding hydrogens is 328 g/mol. The minimum absolute atomic E-state index is 0.0254. The Hall–Kier alpha value is -1.48. The lowest BCUT2D eigenvalue weighted by atomic mass is 10.1. The molecule has 8 nitrogen and oxygen atoms in total. The summed E-state index contributed by atoms with van der Waals surface area (Å²) in [5.74, 6) is 0. The molecule has 1 aromatic heterocycles. The Morgan fingerprint density at radius 1 is 1.36 bits per heavy atom. The Balaban J connectivity index is 1.91. The molecule has 1 aromatic rings. The van der Waals surface area contributed by atoms with E-state index in [0.717, 1.165) is 19.3 Å². The maximum Gasteiger partial charge on any atom is 0.330 e. The summed E-state index contributed by atoms with van der Waals surface area (Å²) >= 11 is 0. The third-order valence-corrected chi connectivity index (χ3v) is 5.16.